The quantitative estimate of drug-likeness (QED) is 0.748. The number of nitrogens with one attached hydrogen (secondary N) is 1. The number of aromatic nitrogens is 3. The van der Waals surface area contributed by atoms with E-state index in [1.54, 1.807) is 6.20 Å². The van der Waals surface area contributed by atoms with Crippen LogP contribution in [-0.4, -0.2) is 52.1 Å². The van der Waals surface area contributed by atoms with Crippen LogP contribution in [0.5, 0.6) is 0 Å². The smallest absolute Gasteiger partial charge is 0.0692 e. The average Bonchev–Trinajstić information content (AvgIpc) is 2.89. The molecule has 3 fully saturated rings. The highest BCUT2D eigenvalue weighted by Gasteiger charge is 2.33. The van der Waals surface area contributed by atoms with Crippen molar-refractivity contribution in [3.05, 3.63) is 12.4 Å². The van der Waals surface area contributed by atoms with E-state index in [4.69, 9.17) is 0 Å². The Kier molecular flexibility index (Phi) is 3.38. The molecular formula is C12H21N5. The number of aryl methyl sites for hydroxylation is 1. The monoisotopic (exact) mass is 235 g/mol. The summed E-state index contributed by atoms with van der Waals surface area (Å²) in [7, 11) is 0. The van der Waals surface area contributed by atoms with Crippen molar-refractivity contribution in [2.75, 3.05) is 26.2 Å². The van der Waals surface area contributed by atoms with Gasteiger partial charge in [0.1, 0.15) is 0 Å². The van der Waals surface area contributed by atoms with Crippen molar-refractivity contribution >= 4 is 0 Å². The van der Waals surface area contributed by atoms with Crippen LogP contribution in [0.15, 0.2) is 12.4 Å². The topological polar surface area (TPSA) is 46.0 Å². The first-order chi connectivity index (χ1) is 8.42. The third-order valence-electron chi connectivity index (χ3n) is 4.10. The molecule has 0 aliphatic carbocycles. The first kappa shape index (κ1) is 11.2. The third-order valence-corrected chi connectivity index (χ3v) is 4.10. The number of rotatable bonds is 5. The van der Waals surface area contributed by atoms with Crippen molar-refractivity contribution in [2.45, 2.75) is 31.8 Å². The van der Waals surface area contributed by atoms with Crippen LogP contribution in [-0.2, 0) is 6.54 Å². The van der Waals surface area contributed by atoms with Gasteiger partial charge in [0.2, 0.25) is 0 Å². The van der Waals surface area contributed by atoms with Crippen LogP contribution in [0.3, 0.4) is 0 Å². The van der Waals surface area contributed by atoms with Gasteiger partial charge >= 0.3 is 0 Å². The number of piperidine rings is 3. The molecule has 0 aromatic carbocycles. The zero-order chi connectivity index (χ0) is 11.5. The molecule has 1 unspecified atom stereocenters. The standard InChI is InChI=1S/C12H21N5/c1(6-17-9-5-14-15-17)4-13-12-10-16-7-2-11(12)3-8-16/h5,9,11-13H,1-4,6-8,10H2. The number of nitrogens with zero attached hydrogens (tertiary/aromatic N) is 4. The van der Waals surface area contributed by atoms with Crippen LogP contribution < -0.4 is 5.32 Å². The Morgan fingerprint density at radius 2 is 2.18 bits per heavy atom. The summed E-state index contributed by atoms with van der Waals surface area (Å²) >= 11 is 0. The van der Waals surface area contributed by atoms with E-state index in [1.807, 2.05) is 10.9 Å². The van der Waals surface area contributed by atoms with Crippen molar-refractivity contribution in [3.8, 4) is 0 Å². The van der Waals surface area contributed by atoms with Gasteiger partial charge in [-0.15, -0.1) is 5.10 Å². The molecule has 0 spiro atoms. The molecule has 94 valence electrons. The maximum atomic E-state index is 3.97. The zero-order valence-corrected chi connectivity index (χ0v) is 10.3. The molecule has 3 saturated heterocycles. The molecule has 4 heterocycles. The second kappa shape index (κ2) is 5.14. The summed E-state index contributed by atoms with van der Waals surface area (Å²) in [5.74, 6) is 0.923. The van der Waals surface area contributed by atoms with E-state index in [2.05, 4.69) is 20.5 Å². The number of hydrogen-bond donors (Lipinski definition) is 1. The molecule has 2 bridgehead atoms. The Hall–Kier alpha value is -0.940. The molecule has 17 heavy (non-hydrogen) atoms. The van der Waals surface area contributed by atoms with Crippen LogP contribution in [0.2, 0.25) is 0 Å². The minimum atomic E-state index is 0.730. The van der Waals surface area contributed by atoms with E-state index in [-0.39, 0.29) is 0 Å². The predicted molar refractivity (Wildman–Crippen MR) is 65.6 cm³/mol. The molecule has 5 heteroatoms. The molecule has 0 radical (unpaired) electrons. The van der Waals surface area contributed by atoms with Gasteiger partial charge in [0.05, 0.1) is 6.20 Å². The fraction of sp³-hybridized carbons (Fsp3) is 0.833. The highest BCUT2D eigenvalue weighted by Crippen LogP contribution is 2.27. The zero-order valence-electron chi connectivity index (χ0n) is 10.3. The Balaban J connectivity index is 1.37. The minimum Gasteiger partial charge on any atom is -0.312 e. The predicted octanol–water partition coefficient (Wildman–Crippen LogP) is 0.352. The van der Waals surface area contributed by atoms with Crippen molar-refractivity contribution in [2.24, 2.45) is 5.92 Å². The van der Waals surface area contributed by atoms with Crippen molar-refractivity contribution in [3.63, 3.8) is 0 Å². The van der Waals surface area contributed by atoms with Gasteiger partial charge in [-0.25, -0.2) is 0 Å². The summed E-state index contributed by atoms with van der Waals surface area (Å²) in [6, 6.07) is 0.730. The van der Waals surface area contributed by atoms with E-state index in [9.17, 15) is 0 Å². The second-order valence-electron chi connectivity index (χ2n) is 5.22. The molecule has 4 rings (SSSR count). The third kappa shape index (κ3) is 2.66. The maximum Gasteiger partial charge on any atom is 0.0692 e. The highest BCUT2D eigenvalue weighted by molar-refractivity contribution is 4.90. The van der Waals surface area contributed by atoms with Crippen LogP contribution in [0.4, 0.5) is 0 Å². The summed E-state index contributed by atoms with van der Waals surface area (Å²) in [5, 5.41) is 11.5. The van der Waals surface area contributed by atoms with Crippen molar-refractivity contribution in [1.82, 2.24) is 25.2 Å². The lowest BCUT2D eigenvalue weighted by molar-refractivity contribution is 0.0726. The first-order valence-electron chi connectivity index (χ1n) is 6.71. The van der Waals surface area contributed by atoms with Gasteiger partial charge < -0.3 is 10.2 Å². The van der Waals surface area contributed by atoms with Gasteiger partial charge in [-0.05, 0) is 44.8 Å². The Bertz CT molecular complexity index is 329. The number of hydrogen-bond acceptors (Lipinski definition) is 4. The lowest BCUT2D eigenvalue weighted by Gasteiger charge is -2.45. The van der Waals surface area contributed by atoms with Gasteiger partial charge in [0, 0.05) is 25.3 Å². The lowest BCUT2D eigenvalue weighted by atomic mass is 9.84. The Morgan fingerprint density at radius 3 is 2.82 bits per heavy atom. The van der Waals surface area contributed by atoms with Crippen LogP contribution in [0.1, 0.15) is 19.3 Å². The van der Waals surface area contributed by atoms with Crippen LogP contribution in [0.25, 0.3) is 0 Å². The molecule has 1 atom stereocenters. The summed E-state index contributed by atoms with van der Waals surface area (Å²) in [5.41, 5.74) is 0. The molecule has 0 amide bonds. The van der Waals surface area contributed by atoms with Crippen LogP contribution >= 0.6 is 0 Å². The van der Waals surface area contributed by atoms with E-state index in [0.29, 0.717) is 0 Å². The van der Waals surface area contributed by atoms with Gasteiger partial charge in [-0.2, -0.15) is 0 Å². The van der Waals surface area contributed by atoms with Crippen LogP contribution in [0, 0.1) is 5.92 Å². The maximum absolute atomic E-state index is 3.97. The largest absolute Gasteiger partial charge is 0.312 e. The summed E-state index contributed by atoms with van der Waals surface area (Å²) in [6.45, 7) is 5.96. The second-order valence-corrected chi connectivity index (χ2v) is 5.22. The van der Waals surface area contributed by atoms with Gasteiger partial charge in [-0.3, -0.25) is 4.68 Å². The molecule has 1 aromatic heterocycles. The number of fused-ring (bicyclic) bond motifs is 3. The molecule has 1 aromatic rings. The average molecular weight is 235 g/mol. The normalized spacial score (nSPS) is 31.9. The molecule has 3 aliphatic heterocycles. The Labute approximate surface area is 102 Å². The Morgan fingerprint density at radius 1 is 1.29 bits per heavy atom. The highest BCUT2D eigenvalue weighted by atomic mass is 15.4. The summed E-state index contributed by atoms with van der Waals surface area (Å²) < 4.78 is 1.90. The minimum absolute atomic E-state index is 0.730. The van der Waals surface area contributed by atoms with E-state index in [0.717, 1.165) is 31.5 Å². The molecular weight excluding hydrogens is 214 g/mol. The molecule has 3 aliphatic rings. The summed E-state index contributed by atoms with van der Waals surface area (Å²) in [4.78, 5) is 2.59. The van der Waals surface area contributed by atoms with Gasteiger partial charge in [-0.1, -0.05) is 5.21 Å². The molecule has 1 N–H and O–H groups in total. The van der Waals surface area contributed by atoms with E-state index < -0.39 is 0 Å². The first-order valence-corrected chi connectivity index (χ1v) is 6.71. The SMILES string of the molecule is c1cn(CCCNC2CN3CCC2CC3)nn1. The fourth-order valence-electron chi connectivity index (χ4n) is 3.08. The van der Waals surface area contributed by atoms with Crippen molar-refractivity contribution in [1.29, 1.82) is 0 Å². The van der Waals surface area contributed by atoms with Gasteiger partial charge in [0.15, 0.2) is 0 Å². The van der Waals surface area contributed by atoms with E-state index in [1.165, 1.54) is 32.5 Å². The molecule has 5 nitrogen and oxygen atoms in total. The van der Waals surface area contributed by atoms with E-state index >= 15 is 0 Å². The van der Waals surface area contributed by atoms with Gasteiger partial charge in [0.25, 0.3) is 0 Å². The summed E-state index contributed by atoms with van der Waals surface area (Å²) in [6.07, 6.45) is 7.57. The lowest BCUT2D eigenvalue weighted by Crippen LogP contribution is -2.56. The fourth-order valence-corrected chi connectivity index (χ4v) is 3.08. The molecule has 0 saturated carbocycles. The van der Waals surface area contributed by atoms with Crippen molar-refractivity contribution < 1.29 is 0 Å².